The van der Waals surface area contributed by atoms with E-state index in [0.717, 1.165) is 11.1 Å². The molecule has 0 radical (unpaired) electrons. The van der Waals surface area contributed by atoms with E-state index in [1.807, 2.05) is 32.0 Å². The molecule has 1 saturated heterocycles. The fourth-order valence-electron chi connectivity index (χ4n) is 3.87. The van der Waals surface area contributed by atoms with Crippen LogP contribution in [0.4, 0.5) is 5.69 Å². The third-order valence-corrected chi connectivity index (χ3v) is 5.15. The van der Waals surface area contributed by atoms with Crippen molar-refractivity contribution < 1.29 is 23.9 Å². The van der Waals surface area contributed by atoms with Crippen molar-refractivity contribution in [3.05, 3.63) is 53.1 Å². The number of aryl methyl sites for hydroxylation is 2. The Morgan fingerprint density at radius 3 is 2.29 bits per heavy atom. The number of rotatable bonds is 4. The SMILES string of the molecule is COc1cccc(C2=NOC3C(=O)N(c4c(C)cccc4C)C(=O)C23)c1OC. The lowest BCUT2D eigenvalue weighted by atomic mass is 9.93. The highest BCUT2D eigenvalue weighted by atomic mass is 16.7. The summed E-state index contributed by atoms with van der Waals surface area (Å²) in [4.78, 5) is 33.0. The van der Waals surface area contributed by atoms with E-state index in [1.54, 1.807) is 18.2 Å². The van der Waals surface area contributed by atoms with E-state index < -0.39 is 17.9 Å². The molecular formula is C21H20N2O5. The van der Waals surface area contributed by atoms with Crippen LogP contribution in [-0.2, 0) is 14.4 Å². The highest BCUT2D eigenvalue weighted by Gasteiger charge is 2.57. The number of benzene rings is 2. The highest BCUT2D eigenvalue weighted by Crippen LogP contribution is 2.40. The number of hydrogen-bond donors (Lipinski definition) is 0. The molecule has 1 fully saturated rings. The van der Waals surface area contributed by atoms with E-state index in [4.69, 9.17) is 14.3 Å². The summed E-state index contributed by atoms with van der Waals surface area (Å²) in [5, 5.41) is 4.06. The average Bonchev–Trinajstić information content (AvgIpc) is 3.22. The highest BCUT2D eigenvalue weighted by molar-refractivity contribution is 6.33. The van der Waals surface area contributed by atoms with Gasteiger partial charge in [0.05, 0.1) is 19.9 Å². The standard InChI is InChI=1S/C21H20N2O5/c1-11-7-5-8-12(2)17(11)23-20(24)15-16(22-28-19(15)21(23)25)13-9-6-10-14(26-3)18(13)27-4/h5-10,15,19H,1-4H3. The van der Waals surface area contributed by atoms with Gasteiger partial charge in [0.15, 0.2) is 11.5 Å². The minimum absolute atomic E-state index is 0.353. The van der Waals surface area contributed by atoms with Gasteiger partial charge >= 0.3 is 0 Å². The molecule has 4 rings (SSSR count). The number of methoxy groups -OCH3 is 2. The smallest absolute Gasteiger partial charge is 0.278 e. The van der Waals surface area contributed by atoms with E-state index in [9.17, 15) is 9.59 Å². The first-order valence-electron chi connectivity index (χ1n) is 8.88. The van der Waals surface area contributed by atoms with Gasteiger partial charge in [-0.2, -0.15) is 0 Å². The van der Waals surface area contributed by atoms with E-state index in [1.165, 1.54) is 19.1 Å². The van der Waals surface area contributed by atoms with Crippen LogP contribution in [0.3, 0.4) is 0 Å². The Morgan fingerprint density at radius 2 is 1.64 bits per heavy atom. The Kier molecular flexibility index (Phi) is 4.30. The third-order valence-electron chi connectivity index (χ3n) is 5.15. The fourth-order valence-corrected chi connectivity index (χ4v) is 3.87. The van der Waals surface area contributed by atoms with Crippen molar-refractivity contribution in [3.8, 4) is 11.5 Å². The lowest BCUT2D eigenvalue weighted by Gasteiger charge is -2.20. The van der Waals surface area contributed by atoms with Gasteiger partial charge in [-0.05, 0) is 37.1 Å². The summed E-state index contributed by atoms with van der Waals surface area (Å²) in [6.45, 7) is 3.75. The molecule has 28 heavy (non-hydrogen) atoms. The minimum atomic E-state index is -0.975. The van der Waals surface area contributed by atoms with Crippen LogP contribution in [0.2, 0.25) is 0 Å². The molecule has 0 spiro atoms. The summed E-state index contributed by atoms with van der Waals surface area (Å²) in [6, 6.07) is 10.9. The summed E-state index contributed by atoms with van der Waals surface area (Å²) >= 11 is 0. The molecule has 0 saturated carbocycles. The topological polar surface area (TPSA) is 77.4 Å². The average molecular weight is 380 g/mol. The molecule has 2 unspecified atom stereocenters. The van der Waals surface area contributed by atoms with Crippen LogP contribution >= 0.6 is 0 Å². The van der Waals surface area contributed by atoms with Crippen LogP contribution < -0.4 is 14.4 Å². The molecule has 2 aromatic rings. The number of carbonyl (C=O) groups excluding carboxylic acids is 2. The van der Waals surface area contributed by atoms with Gasteiger partial charge in [0.25, 0.3) is 5.91 Å². The number of fused-ring (bicyclic) bond motifs is 1. The number of hydrogen-bond acceptors (Lipinski definition) is 6. The summed E-state index contributed by atoms with van der Waals surface area (Å²) in [6.07, 6.45) is -0.975. The Bertz CT molecular complexity index is 994. The first-order valence-corrected chi connectivity index (χ1v) is 8.88. The van der Waals surface area contributed by atoms with E-state index in [2.05, 4.69) is 5.16 Å². The van der Waals surface area contributed by atoms with Gasteiger partial charge in [0, 0.05) is 5.56 Å². The molecule has 2 aliphatic heterocycles. The van der Waals surface area contributed by atoms with Crippen LogP contribution in [0, 0.1) is 19.8 Å². The van der Waals surface area contributed by atoms with Crippen LogP contribution in [0.15, 0.2) is 41.6 Å². The van der Waals surface area contributed by atoms with Crippen molar-refractivity contribution in [2.45, 2.75) is 20.0 Å². The molecule has 0 aromatic heterocycles. The van der Waals surface area contributed by atoms with Crippen LogP contribution in [-0.4, -0.2) is 37.8 Å². The molecule has 7 heteroatoms. The molecule has 2 aromatic carbocycles. The number of imide groups is 1. The number of para-hydroxylation sites is 2. The Labute approximate surface area is 162 Å². The zero-order valence-electron chi connectivity index (χ0n) is 16.1. The quantitative estimate of drug-likeness (QED) is 0.762. The molecule has 0 N–H and O–H groups in total. The number of anilines is 1. The summed E-state index contributed by atoms with van der Waals surface area (Å²) in [5.41, 5.74) is 3.23. The van der Waals surface area contributed by atoms with Crippen LogP contribution in [0.25, 0.3) is 0 Å². The summed E-state index contributed by atoms with van der Waals surface area (Å²) in [7, 11) is 3.05. The van der Waals surface area contributed by atoms with Crippen molar-refractivity contribution in [1.82, 2.24) is 0 Å². The maximum absolute atomic E-state index is 13.3. The van der Waals surface area contributed by atoms with Gasteiger partial charge in [0.1, 0.15) is 11.6 Å². The number of oxime groups is 1. The summed E-state index contributed by atoms with van der Waals surface area (Å²) in [5.74, 6) is -0.637. The third kappa shape index (κ3) is 2.46. The van der Waals surface area contributed by atoms with Gasteiger partial charge in [-0.1, -0.05) is 29.4 Å². The molecule has 0 bridgehead atoms. The molecule has 0 aliphatic carbocycles. The van der Waals surface area contributed by atoms with Crippen molar-refractivity contribution in [2.24, 2.45) is 11.1 Å². The van der Waals surface area contributed by atoms with Gasteiger partial charge in [0.2, 0.25) is 12.0 Å². The van der Waals surface area contributed by atoms with E-state index in [-0.39, 0.29) is 5.91 Å². The number of amides is 2. The lowest BCUT2D eigenvalue weighted by molar-refractivity contribution is -0.126. The normalized spacial score (nSPS) is 20.7. The Hall–Kier alpha value is -3.35. The lowest BCUT2D eigenvalue weighted by Crippen LogP contribution is -2.34. The maximum Gasteiger partial charge on any atom is 0.278 e. The fraction of sp³-hybridized carbons (Fsp3) is 0.286. The zero-order valence-corrected chi connectivity index (χ0v) is 16.1. The Morgan fingerprint density at radius 1 is 0.964 bits per heavy atom. The van der Waals surface area contributed by atoms with Crippen molar-refractivity contribution in [3.63, 3.8) is 0 Å². The molecule has 2 aliphatic rings. The number of ether oxygens (including phenoxy) is 2. The number of carbonyl (C=O) groups is 2. The molecular weight excluding hydrogens is 360 g/mol. The van der Waals surface area contributed by atoms with Gasteiger partial charge < -0.3 is 14.3 Å². The van der Waals surface area contributed by atoms with E-state index >= 15 is 0 Å². The minimum Gasteiger partial charge on any atom is -0.493 e. The van der Waals surface area contributed by atoms with E-state index in [0.29, 0.717) is 28.5 Å². The first-order chi connectivity index (χ1) is 13.5. The molecule has 2 amide bonds. The first kappa shape index (κ1) is 18.0. The van der Waals surface area contributed by atoms with Gasteiger partial charge in [-0.15, -0.1) is 0 Å². The second-order valence-corrected chi connectivity index (χ2v) is 6.77. The molecule has 2 atom stereocenters. The monoisotopic (exact) mass is 380 g/mol. The molecule has 144 valence electrons. The Balaban J connectivity index is 1.78. The van der Waals surface area contributed by atoms with Crippen LogP contribution in [0.5, 0.6) is 11.5 Å². The van der Waals surface area contributed by atoms with Crippen molar-refractivity contribution >= 4 is 23.2 Å². The number of nitrogens with zero attached hydrogens (tertiary/aromatic N) is 2. The van der Waals surface area contributed by atoms with Crippen molar-refractivity contribution in [2.75, 3.05) is 19.1 Å². The molecule has 7 nitrogen and oxygen atoms in total. The van der Waals surface area contributed by atoms with Crippen LogP contribution in [0.1, 0.15) is 16.7 Å². The van der Waals surface area contributed by atoms with Crippen molar-refractivity contribution in [1.29, 1.82) is 0 Å². The predicted octanol–water partition coefficient (Wildman–Crippen LogP) is 2.61. The second kappa shape index (κ2) is 6.67. The molecule has 2 heterocycles. The predicted molar refractivity (Wildman–Crippen MR) is 103 cm³/mol. The van der Waals surface area contributed by atoms with Gasteiger partial charge in [-0.3, -0.25) is 9.59 Å². The summed E-state index contributed by atoms with van der Waals surface area (Å²) < 4.78 is 10.8. The second-order valence-electron chi connectivity index (χ2n) is 6.77. The zero-order chi connectivity index (χ0) is 20.0. The van der Waals surface area contributed by atoms with Gasteiger partial charge in [-0.25, -0.2) is 4.90 Å². The largest absolute Gasteiger partial charge is 0.493 e. The maximum atomic E-state index is 13.3.